The number of hydrogen-bond donors (Lipinski definition) is 1. The molecule has 4 heteroatoms. The molecular formula is C13H20N2O2. The highest BCUT2D eigenvalue weighted by Gasteiger charge is 2.20. The molecule has 17 heavy (non-hydrogen) atoms. The van der Waals surface area contributed by atoms with Crippen LogP contribution in [-0.4, -0.2) is 17.4 Å². The molecule has 0 aliphatic heterocycles. The Labute approximate surface area is 102 Å². The van der Waals surface area contributed by atoms with Crippen LogP contribution < -0.4 is 5.32 Å². The molecule has 1 amide bonds. The maximum Gasteiger partial charge on any atom is 0.223 e. The molecule has 0 saturated heterocycles. The molecule has 0 aromatic carbocycles. The molecule has 1 saturated carbocycles. The summed E-state index contributed by atoms with van der Waals surface area (Å²) < 4.78 is 5.35. The first-order valence-corrected chi connectivity index (χ1v) is 6.45. The quantitative estimate of drug-likeness (QED) is 0.872. The van der Waals surface area contributed by atoms with E-state index in [2.05, 4.69) is 10.3 Å². The Balaban J connectivity index is 1.69. The van der Waals surface area contributed by atoms with Gasteiger partial charge in [-0.25, -0.2) is 4.98 Å². The van der Waals surface area contributed by atoms with Crippen molar-refractivity contribution >= 4 is 5.91 Å². The van der Waals surface area contributed by atoms with Gasteiger partial charge in [-0.05, 0) is 19.8 Å². The lowest BCUT2D eigenvalue weighted by Crippen LogP contribution is -2.33. The predicted octanol–water partition coefficient (Wildman–Crippen LogP) is 2.22. The summed E-state index contributed by atoms with van der Waals surface area (Å²) in [5, 5.41) is 2.97. The zero-order chi connectivity index (χ0) is 12.1. The minimum Gasteiger partial charge on any atom is -0.446 e. The number of amides is 1. The summed E-state index contributed by atoms with van der Waals surface area (Å²) in [7, 11) is 0. The van der Waals surface area contributed by atoms with Gasteiger partial charge in [-0.2, -0.15) is 0 Å². The Morgan fingerprint density at radius 2 is 2.24 bits per heavy atom. The van der Waals surface area contributed by atoms with Gasteiger partial charge in [-0.15, -0.1) is 0 Å². The summed E-state index contributed by atoms with van der Waals surface area (Å²) in [5.74, 6) is 1.95. The van der Waals surface area contributed by atoms with Crippen molar-refractivity contribution in [2.45, 2.75) is 45.4 Å². The van der Waals surface area contributed by atoms with Gasteiger partial charge < -0.3 is 9.73 Å². The molecule has 0 radical (unpaired) electrons. The van der Waals surface area contributed by atoms with Crippen molar-refractivity contribution in [3.05, 3.63) is 17.8 Å². The van der Waals surface area contributed by atoms with E-state index < -0.39 is 0 Å². The van der Waals surface area contributed by atoms with Crippen LogP contribution in [0.3, 0.4) is 0 Å². The topological polar surface area (TPSA) is 55.1 Å². The van der Waals surface area contributed by atoms with Crippen molar-refractivity contribution in [3.8, 4) is 0 Å². The standard InChI is InChI=1S/C13H20N2O2/c1-10-9-15-12(17-10)7-8-14-13(16)11-5-3-2-4-6-11/h9,11H,2-8H2,1H3,(H,14,16). The third-order valence-electron chi connectivity index (χ3n) is 3.28. The van der Waals surface area contributed by atoms with Gasteiger partial charge in [0.1, 0.15) is 5.76 Å². The maximum atomic E-state index is 11.8. The first kappa shape index (κ1) is 12.1. The molecule has 4 nitrogen and oxygen atoms in total. The van der Waals surface area contributed by atoms with Gasteiger partial charge in [0, 0.05) is 18.9 Å². The monoisotopic (exact) mass is 236 g/mol. The van der Waals surface area contributed by atoms with Crippen LogP contribution in [0.15, 0.2) is 10.6 Å². The van der Waals surface area contributed by atoms with E-state index in [0.29, 0.717) is 18.9 Å². The van der Waals surface area contributed by atoms with Gasteiger partial charge in [-0.3, -0.25) is 4.79 Å². The SMILES string of the molecule is Cc1cnc(CCNC(=O)C2CCCCC2)o1. The number of rotatable bonds is 4. The number of hydrogen-bond acceptors (Lipinski definition) is 3. The Hall–Kier alpha value is -1.32. The number of carbonyl (C=O) groups excluding carboxylic acids is 1. The second-order valence-electron chi connectivity index (χ2n) is 4.74. The lowest BCUT2D eigenvalue weighted by molar-refractivity contribution is -0.125. The van der Waals surface area contributed by atoms with Crippen molar-refractivity contribution in [1.82, 2.24) is 10.3 Å². The number of nitrogens with one attached hydrogen (secondary N) is 1. The molecule has 1 N–H and O–H groups in total. The van der Waals surface area contributed by atoms with E-state index in [9.17, 15) is 4.79 Å². The van der Waals surface area contributed by atoms with Crippen LogP contribution in [0.5, 0.6) is 0 Å². The molecule has 0 unspecified atom stereocenters. The molecule has 0 atom stereocenters. The van der Waals surface area contributed by atoms with Gasteiger partial charge in [0.2, 0.25) is 5.91 Å². The van der Waals surface area contributed by atoms with Crippen molar-refractivity contribution in [2.75, 3.05) is 6.54 Å². The third kappa shape index (κ3) is 3.58. The minimum absolute atomic E-state index is 0.202. The highest BCUT2D eigenvalue weighted by molar-refractivity contribution is 5.78. The molecule has 1 aliphatic rings. The highest BCUT2D eigenvalue weighted by Crippen LogP contribution is 2.23. The fourth-order valence-electron chi connectivity index (χ4n) is 2.32. The van der Waals surface area contributed by atoms with E-state index in [1.807, 2.05) is 6.92 Å². The van der Waals surface area contributed by atoms with Crippen molar-refractivity contribution in [3.63, 3.8) is 0 Å². The summed E-state index contributed by atoms with van der Waals surface area (Å²) in [5.41, 5.74) is 0. The van der Waals surface area contributed by atoms with E-state index >= 15 is 0 Å². The molecule has 2 rings (SSSR count). The van der Waals surface area contributed by atoms with Crippen LogP contribution in [0.1, 0.15) is 43.8 Å². The Bertz CT molecular complexity index is 367. The third-order valence-corrected chi connectivity index (χ3v) is 3.28. The molecule has 1 heterocycles. The lowest BCUT2D eigenvalue weighted by atomic mass is 9.89. The fourth-order valence-corrected chi connectivity index (χ4v) is 2.32. The van der Waals surface area contributed by atoms with Crippen LogP contribution in [0.4, 0.5) is 0 Å². The number of oxazole rings is 1. The largest absolute Gasteiger partial charge is 0.446 e. The van der Waals surface area contributed by atoms with E-state index in [1.165, 1.54) is 19.3 Å². The summed E-state index contributed by atoms with van der Waals surface area (Å²) in [4.78, 5) is 15.9. The first-order valence-electron chi connectivity index (χ1n) is 6.45. The normalized spacial score (nSPS) is 17.0. The Kier molecular flexibility index (Phi) is 4.18. The highest BCUT2D eigenvalue weighted by atomic mass is 16.4. The van der Waals surface area contributed by atoms with Crippen LogP contribution >= 0.6 is 0 Å². The second kappa shape index (κ2) is 5.84. The van der Waals surface area contributed by atoms with Gasteiger partial charge in [0.05, 0.1) is 6.20 Å². The molecule has 1 aromatic heterocycles. The van der Waals surface area contributed by atoms with Crippen LogP contribution in [-0.2, 0) is 11.2 Å². The van der Waals surface area contributed by atoms with E-state index in [4.69, 9.17) is 4.42 Å². The molecule has 1 fully saturated rings. The molecule has 1 aromatic rings. The second-order valence-corrected chi connectivity index (χ2v) is 4.74. The minimum atomic E-state index is 0.202. The molecular weight excluding hydrogens is 216 g/mol. The summed E-state index contributed by atoms with van der Waals surface area (Å²) in [6.45, 7) is 2.49. The van der Waals surface area contributed by atoms with Gasteiger partial charge in [0.15, 0.2) is 5.89 Å². The van der Waals surface area contributed by atoms with Crippen LogP contribution in [0.25, 0.3) is 0 Å². The van der Waals surface area contributed by atoms with Gasteiger partial charge >= 0.3 is 0 Å². The number of carbonyl (C=O) groups is 1. The number of aryl methyl sites for hydroxylation is 1. The van der Waals surface area contributed by atoms with E-state index in [1.54, 1.807) is 6.20 Å². The van der Waals surface area contributed by atoms with Crippen LogP contribution in [0, 0.1) is 12.8 Å². The summed E-state index contributed by atoms with van der Waals surface area (Å²) in [6.07, 6.45) is 8.13. The molecule has 0 bridgehead atoms. The average molecular weight is 236 g/mol. The predicted molar refractivity (Wildman–Crippen MR) is 64.5 cm³/mol. The summed E-state index contributed by atoms with van der Waals surface area (Å²) >= 11 is 0. The number of nitrogens with zero attached hydrogens (tertiary/aromatic N) is 1. The fraction of sp³-hybridized carbons (Fsp3) is 0.692. The van der Waals surface area contributed by atoms with Gasteiger partial charge in [0.25, 0.3) is 0 Å². The van der Waals surface area contributed by atoms with Crippen molar-refractivity contribution in [2.24, 2.45) is 5.92 Å². The number of aromatic nitrogens is 1. The molecule has 94 valence electrons. The smallest absolute Gasteiger partial charge is 0.223 e. The van der Waals surface area contributed by atoms with Crippen molar-refractivity contribution in [1.29, 1.82) is 0 Å². The van der Waals surface area contributed by atoms with Crippen molar-refractivity contribution < 1.29 is 9.21 Å². The average Bonchev–Trinajstić information content (AvgIpc) is 2.76. The summed E-state index contributed by atoms with van der Waals surface area (Å²) in [6, 6.07) is 0. The van der Waals surface area contributed by atoms with E-state index in [-0.39, 0.29) is 11.8 Å². The zero-order valence-electron chi connectivity index (χ0n) is 10.4. The Morgan fingerprint density at radius 1 is 1.47 bits per heavy atom. The van der Waals surface area contributed by atoms with E-state index in [0.717, 1.165) is 18.6 Å². The van der Waals surface area contributed by atoms with Gasteiger partial charge in [-0.1, -0.05) is 19.3 Å². The van der Waals surface area contributed by atoms with Crippen LogP contribution in [0.2, 0.25) is 0 Å². The Morgan fingerprint density at radius 3 is 2.88 bits per heavy atom. The molecule has 1 aliphatic carbocycles. The first-order chi connectivity index (χ1) is 8.25. The zero-order valence-corrected chi connectivity index (χ0v) is 10.4. The molecule has 0 spiro atoms. The maximum absolute atomic E-state index is 11.8. The lowest BCUT2D eigenvalue weighted by Gasteiger charge is -2.20.